The topological polar surface area (TPSA) is 74.2 Å². The Labute approximate surface area is 192 Å². The Morgan fingerprint density at radius 1 is 1.13 bits per heavy atom. The minimum atomic E-state index is -0.529. The van der Waals surface area contributed by atoms with Gasteiger partial charge in [0.25, 0.3) is 0 Å². The lowest BCUT2D eigenvalue weighted by atomic mass is 10.1. The molecule has 7 heteroatoms. The van der Waals surface area contributed by atoms with Gasteiger partial charge in [-0.1, -0.05) is 37.3 Å². The van der Waals surface area contributed by atoms with E-state index in [1.807, 2.05) is 42.5 Å². The van der Waals surface area contributed by atoms with Gasteiger partial charge in [-0.2, -0.15) is 0 Å². The number of aliphatic imine (C=N–C) groups is 1. The van der Waals surface area contributed by atoms with Crippen LogP contribution in [0, 0.1) is 3.57 Å². The first kappa shape index (κ1) is 21.0. The highest BCUT2D eigenvalue weighted by molar-refractivity contribution is 14.1. The van der Waals surface area contributed by atoms with Crippen molar-refractivity contribution >= 4 is 57.3 Å². The Bertz CT molecular complexity index is 1260. The number of carbonyl (C=O) groups is 2. The molecule has 0 N–H and O–H groups in total. The Balaban J connectivity index is 1.67. The Morgan fingerprint density at radius 2 is 1.90 bits per heavy atom. The molecule has 0 atom stereocenters. The predicted molar refractivity (Wildman–Crippen MR) is 126 cm³/mol. The number of ether oxygens (including phenoxy) is 3. The molecule has 0 amide bonds. The number of fused-ring (bicyclic) bond motifs is 1. The van der Waals surface area contributed by atoms with Crippen LogP contribution in [0.5, 0.6) is 11.5 Å². The lowest BCUT2D eigenvalue weighted by Gasteiger charge is -2.11. The van der Waals surface area contributed by atoms with Crippen LogP contribution in [0.2, 0.25) is 0 Å². The summed E-state index contributed by atoms with van der Waals surface area (Å²) in [5.74, 6) is 0.124. The van der Waals surface area contributed by atoms with Crippen molar-refractivity contribution in [1.82, 2.24) is 0 Å². The molecule has 0 fully saturated rings. The fraction of sp³-hybridized carbons (Fsp3) is 0.125. The number of nitrogens with zero attached hydrogens (tertiary/aromatic N) is 1. The molecule has 0 saturated heterocycles. The van der Waals surface area contributed by atoms with Crippen LogP contribution >= 0.6 is 22.6 Å². The number of cyclic esters (lactones) is 1. The number of methoxy groups -OCH3 is 1. The summed E-state index contributed by atoms with van der Waals surface area (Å²) in [6.07, 6.45) is 1.87. The van der Waals surface area contributed by atoms with Gasteiger partial charge in [0, 0.05) is 12.0 Å². The second kappa shape index (κ2) is 8.89. The second-order valence-corrected chi connectivity index (χ2v) is 7.92. The quantitative estimate of drug-likeness (QED) is 0.200. The highest BCUT2D eigenvalue weighted by Gasteiger charge is 2.25. The third kappa shape index (κ3) is 4.46. The summed E-state index contributed by atoms with van der Waals surface area (Å²) >= 11 is 2.06. The molecule has 4 rings (SSSR count). The van der Waals surface area contributed by atoms with Gasteiger partial charge in [0.05, 0.1) is 10.7 Å². The second-order valence-electron chi connectivity index (χ2n) is 6.76. The van der Waals surface area contributed by atoms with Crippen molar-refractivity contribution in [3.63, 3.8) is 0 Å². The maximum atomic E-state index is 12.4. The number of halogens is 1. The molecular formula is C24H18INO5. The molecule has 0 bridgehead atoms. The summed E-state index contributed by atoms with van der Waals surface area (Å²) in [5, 5.41) is 2.13. The van der Waals surface area contributed by atoms with Crippen LogP contribution in [0.1, 0.15) is 24.5 Å². The van der Waals surface area contributed by atoms with Crippen LogP contribution < -0.4 is 9.47 Å². The fourth-order valence-electron chi connectivity index (χ4n) is 3.12. The molecule has 0 spiro atoms. The molecular weight excluding hydrogens is 509 g/mol. The minimum absolute atomic E-state index is 0.180. The lowest BCUT2D eigenvalue weighted by molar-refractivity contribution is -0.134. The summed E-state index contributed by atoms with van der Waals surface area (Å²) in [6, 6.07) is 17.2. The number of hydrogen-bond donors (Lipinski definition) is 0. The first-order valence-corrected chi connectivity index (χ1v) is 10.7. The van der Waals surface area contributed by atoms with E-state index in [0.29, 0.717) is 20.6 Å². The summed E-state index contributed by atoms with van der Waals surface area (Å²) in [6.45, 7) is 1.72. The Morgan fingerprint density at radius 3 is 2.65 bits per heavy atom. The fourth-order valence-corrected chi connectivity index (χ4v) is 3.86. The normalized spacial score (nSPS) is 14.5. The van der Waals surface area contributed by atoms with Crippen molar-refractivity contribution in [3.05, 3.63) is 75.0 Å². The molecule has 0 aromatic heterocycles. The van der Waals surface area contributed by atoms with Crippen LogP contribution in [-0.2, 0) is 14.3 Å². The van der Waals surface area contributed by atoms with Gasteiger partial charge in [-0.25, -0.2) is 9.79 Å². The van der Waals surface area contributed by atoms with Crippen LogP contribution in [0.15, 0.2) is 65.3 Å². The van der Waals surface area contributed by atoms with E-state index >= 15 is 0 Å². The number of hydrogen-bond acceptors (Lipinski definition) is 6. The smallest absolute Gasteiger partial charge is 0.363 e. The Kier molecular flexibility index (Phi) is 6.03. The summed E-state index contributed by atoms with van der Waals surface area (Å²) in [5.41, 5.74) is 1.58. The Hall–Kier alpha value is -3.20. The molecule has 31 heavy (non-hydrogen) atoms. The zero-order valence-electron chi connectivity index (χ0n) is 16.8. The van der Waals surface area contributed by atoms with E-state index in [9.17, 15) is 9.59 Å². The van der Waals surface area contributed by atoms with Gasteiger partial charge in [-0.3, -0.25) is 4.79 Å². The van der Waals surface area contributed by atoms with Crippen molar-refractivity contribution in [2.75, 3.05) is 7.11 Å². The molecule has 1 aliphatic rings. The van der Waals surface area contributed by atoms with Crippen LogP contribution in [0.3, 0.4) is 0 Å². The highest BCUT2D eigenvalue weighted by Crippen LogP contribution is 2.35. The molecule has 3 aromatic rings. The van der Waals surface area contributed by atoms with E-state index in [-0.39, 0.29) is 24.0 Å². The van der Waals surface area contributed by atoms with Gasteiger partial charge >= 0.3 is 11.9 Å². The standard InChI is InChI=1S/C24H18INO5/c1-3-21(27)30-22-18(25)10-14(12-20(22)29-2)11-19-24(28)31-23(26-19)17-9-8-15-6-4-5-7-16(15)13-17/h4-13H,3H2,1-2H3/b19-11-. The zero-order valence-corrected chi connectivity index (χ0v) is 19.0. The van der Waals surface area contributed by atoms with Gasteiger partial charge in [0.15, 0.2) is 17.2 Å². The third-order valence-electron chi connectivity index (χ3n) is 4.68. The predicted octanol–water partition coefficient (Wildman–Crippen LogP) is 5.11. The average molecular weight is 527 g/mol. The van der Waals surface area contributed by atoms with Crippen molar-refractivity contribution in [2.24, 2.45) is 4.99 Å². The van der Waals surface area contributed by atoms with E-state index < -0.39 is 5.97 Å². The van der Waals surface area contributed by atoms with Gasteiger partial charge in [0.1, 0.15) is 0 Å². The third-order valence-corrected chi connectivity index (χ3v) is 5.48. The van der Waals surface area contributed by atoms with Gasteiger partial charge in [0.2, 0.25) is 5.90 Å². The minimum Gasteiger partial charge on any atom is -0.493 e. The molecule has 3 aromatic carbocycles. The van der Waals surface area contributed by atoms with Crippen molar-refractivity contribution in [2.45, 2.75) is 13.3 Å². The van der Waals surface area contributed by atoms with Gasteiger partial charge < -0.3 is 14.2 Å². The van der Waals surface area contributed by atoms with E-state index in [1.165, 1.54) is 7.11 Å². The molecule has 1 aliphatic heterocycles. The van der Waals surface area contributed by atoms with Crippen LogP contribution in [-0.4, -0.2) is 24.9 Å². The first-order chi connectivity index (χ1) is 15.0. The van der Waals surface area contributed by atoms with E-state index in [0.717, 1.165) is 16.3 Å². The monoisotopic (exact) mass is 527 g/mol. The van der Waals surface area contributed by atoms with Gasteiger partial charge in [-0.05, 0) is 69.3 Å². The summed E-state index contributed by atoms with van der Waals surface area (Å²) in [7, 11) is 1.49. The number of carbonyl (C=O) groups excluding carboxylic acids is 2. The molecule has 0 aliphatic carbocycles. The van der Waals surface area contributed by atoms with Crippen molar-refractivity contribution in [3.8, 4) is 11.5 Å². The maximum Gasteiger partial charge on any atom is 0.363 e. The molecule has 156 valence electrons. The van der Waals surface area contributed by atoms with Crippen molar-refractivity contribution in [1.29, 1.82) is 0 Å². The molecule has 0 saturated carbocycles. The van der Waals surface area contributed by atoms with Crippen molar-refractivity contribution < 1.29 is 23.8 Å². The van der Waals surface area contributed by atoms with Crippen LogP contribution in [0.4, 0.5) is 0 Å². The zero-order chi connectivity index (χ0) is 22.0. The molecule has 1 heterocycles. The SMILES string of the molecule is CCC(=O)Oc1c(I)cc(/C=C2\N=C(c3ccc4ccccc4c3)OC2=O)cc1OC. The molecule has 6 nitrogen and oxygen atoms in total. The molecule has 0 radical (unpaired) electrons. The van der Waals surface area contributed by atoms with E-state index in [1.54, 1.807) is 25.1 Å². The summed E-state index contributed by atoms with van der Waals surface area (Å²) in [4.78, 5) is 28.5. The van der Waals surface area contributed by atoms with E-state index in [4.69, 9.17) is 14.2 Å². The number of benzene rings is 3. The number of esters is 2. The van der Waals surface area contributed by atoms with Crippen LogP contribution in [0.25, 0.3) is 16.8 Å². The number of rotatable bonds is 5. The molecule has 0 unspecified atom stereocenters. The van der Waals surface area contributed by atoms with E-state index in [2.05, 4.69) is 27.6 Å². The first-order valence-electron chi connectivity index (χ1n) is 9.58. The van der Waals surface area contributed by atoms with Gasteiger partial charge in [-0.15, -0.1) is 0 Å². The maximum absolute atomic E-state index is 12.4. The summed E-state index contributed by atoms with van der Waals surface area (Å²) < 4.78 is 16.8. The largest absolute Gasteiger partial charge is 0.493 e. The highest BCUT2D eigenvalue weighted by atomic mass is 127. The lowest BCUT2D eigenvalue weighted by Crippen LogP contribution is -2.08. The average Bonchev–Trinajstić information content (AvgIpc) is 3.14.